The van der Waals surface area contributed by atoms with Crippen molar-refractivity contribution < 1.29 is 14.4 Å². The maximum Gasteiger partial charge on any atom is 0.342 e. The second kappa shape index (κ2) is 5.54. The molecule has 1 saturated heterocycles. The third-order valence-electron chi connectivity index (χ3n) is 2.75. The molecule has 0 bridgehead atoms. The first kappa shape index (κ1) is 15.6. The third kappa shape index (κ3) is 2.69. The van der Waals surface area contributed by atoms with Crippen LogP contribution in [0.4, 0.5) is 15.3 Å². The van der Waals surface area contributed by atoms with E-state index in [1.165, 1.54) is 0 Å². The van der Waals surface area contributed by atoms with Crippen molar-refractivity contribution in [2.75, 3.05) is 4.90 Å². The van der Waals surface area contributed by atoms with Crippen LogP contribution >= 0.6 is 23.2 Å². The number of rotatable bonds is 2. The summed E-state index contributed by atoms with van der Waals surface area (Å²) in [5, 5.41) is 2.46. The van der Waals surface area contributed by atoms with Crippen LogP contribution in [0.25, 0.3) is 0 Å². The average Bonchev–Trinajstić information content (AvgIpc) is 2.56. The Kier molecular flexibility index (Phi) is 4.11. The molecule has 1 aromatic rings. The lowest BCUT2D eigenvalue weighted by Crippen LogP contribution is -2.47. The lowest BCUT2D eigenvalue weighted by Gasteiger charge is -2.23. The van der Waals surface area contributed by atoms with Crippen LogP contribution in [-0.2, 0) is 4.79 Å². The Morgan fingerprint density at radius 1 is 1.19 bits per heavy atom. The van der Waals surface area contributed by atoms with E-state index < -0.39 is 22.4 Å². The molecule has 1 fully saturated rings. The zero-order valence-electron chi connectivity index (χ0n) is 11.3. The molecule has 21 heavy (non-hydrogen) atoms. The van der Waals surface area contributed by atoms with Crippen LogP contribution in [0.3, 0.4) is 0 Å². The minimum absolute atomic E-state index is 0.246. The van der Waals surface area contributed by atoms with E-state index in [1.54, 1.807) is 44.2 Å². The Balaban J connectivity index is 2.39. The van der Waals surface area contributed by atoms with Gasteiger partial charge in [-0.2, -0.15) is 4.90 Å². The summed E-state index contributed by atoms with van der Waals surface area (Å²) in [7, 11) is 0. The second-order valence-corrected chi connectivity index (χ2v) is 6.03. The number of alkyl halides is 2. The number of nitrogens with zero attached hydrogens (tertiary/aromatic N) is 2. The molecule has 0 aliphatic carbocycles. The van der Waals surface area contributed by atoms with Gasteiger partial charge in [0.25, 0.3) is 10.4 Å². The number of urea groups is 2. The standard InChI is InChI=1S/C13H13Cl2N3O3/c1-8(2)16-11(20)17-10(19)13(14,15)18(12(17)21)9-6-4-3-5-7-9/h3-8H,1-2H3,(H,16,20). The van der Waals surface area contributed by atoms with E-state index in [0.29, 0.717) is 10.6 Å². The highest BCUT2D eigenvalue weighted by atomic mass is 35.5. The maximum atomic E-state index is 12.4. The van der Waals surface area contributed by atoms with E-state index in [1.807, 2.05) is 0 Å². The fourth-order valence-corrected chi connectivity index (χ4v) is 2.39. The molecule has 8 heteroatoms. The predicted molar refractivity (Wildman–Crippen MR) is 79.3 cm³/mol. The van der Waals surface area contributed by atoms with Gasteiger partial charge >= 0.3 is 12.1 Å². The van der Waals surface area contributed by atoms with Gasteiger partial charge in [-0.1, -0.05) is 41.4 Å². The van der Waals surface area contributed by atoms with Gasteiger partial charge in [-0.3, -0.25) is 9.69 Å². The summed E-state index contributed by atoms with van der Waals surface area (Å²) in [5.74, 6) is -1.00. The van der Waals surface area contributed by atoms with Crippen LogP contribution in [-0.4, -0.2) is 33.4 Å². The Bertz CT molecular complexity index is 590. The lowest BCUT2D eigenvalue weighted by molar-refractivity contribution is -0.124. The molecule has 1 aliphatic heterocycles. The van der Waals surface area contributed by atoms with E-state index in [4.69, 9.17) is 23.2 Å². The summed E-state index contributed by atoms with van der Waals surface area (Å²) in [6, 6.07) is 6.19. The monoisotopic (exact) mass is 329 g/mol. The number of benzene rings is 1. The third-order valence-corrected chi connectivity index (χ3v) is 3.41. The molecule has 0 unspecified atom stereocenters. The van der Waals surface area contributed by atoms with Crippen molar-refractivity contribution in [1.29, 1.82) is 0 Å². The molecule has 1 aromatic carbocycles. The Labute approximate surface area is 131 Å². The molecule has 1 aliphatic rings. The van der Waals surface area contributed by atoms with Crippen molar-refractivity contribution in [3.63, 3.8) is 0 Å². The lowest BCUT2D eigenvalue weighted by atomic mass is 10.3. The Hall–Kier alpha value is -1.79. The molecule has 112 valence electrons. The summed E-state index contributed by atoms with van der Waals surface area (Å²) >= 11 is 12.0. The van der Waals surface area contributed by atoms with Crippen LogP contribution in [0.5, 0.6) is 0 Å². The van der Waals surface area contributed by atoms with Crippen LogP contribution < -0.4 is 10.2 Å². The van der Waals surface area contributed by atoms with Crippen molar-refractivity contribution in [3.05, 3.63) is 30.3 Å². The molecule has 0 spiro atoms. The number of para-hydroxylation sites is 1. The molecule has 0 aromatic heterocycles. The van der Waals surface area contributed by atoms with Crippen molar-refractivity contribution in [2.24, 2.45) is 0 Å². The first-order valence-electron chi connectivity index (χ1n) is 6.19. The van der Waals surface area contributed by atoms with E-state index in [0.717, 1.165) is 4.90 Å². The highest BCUT2D eigenvalue weighted by Crippen LogP contribution is 2.39. The molecule has 1 N–H and O–H groups in total. The molecule has 0 radical (unpaired) electrons. The number of imide groups is 3. The number of carbonyl (C=O) groups excluding carboxylic acids is 3. The number of nitrogens with one attached hydrogen (secondary N) is 1. The summed E-state index contributed by atoms with van der Waals surface area (Å²) in [4.78, 5) is 37.8. The Morgan fingerprint density at radius 2 is 1.76 bits per heavy atom. The number of hydrogen-bond donors (Lipinski definition) is 1. The van der Waals surface area contributed by atoms with Gasteiger partial charge in [0.05, 0.1) is 0 Å². The molecular weight excluding hydrogens is 317 g/mol. The van der Waals surface area contributed by atoms with Gasteiger partial charge in [-0.25, -0.2) is 9.59 Å². The summed E-state index contributed by atoms with van der Waals surface area (Å²) < 4.78 is -2.16. The molecule has 5 amide bonds. The quantitative estimate of drug-likeness (QED) is 0.515. The molecule has 0 atom stereocenters. The fourth-order valence-electron chi connectivity index (χ4n) is 1.88. The van der Waals surface area contributed by atoms with Gasteiger partial charge in [0.15, 0.2) is 0 Å². The highest BCUT2D eigenvalue weighted by Gasteiger charge is 2.59. The van der Waals surface area contributed by atoms with E-state index >= 15 is 0 Å². The van der Waals surface area contributed by atoms with Gasteiger partial charge in [0.2, 0.25) is 0 Å². The van der Waals surface area contributed by atoms with E-state index in [-0.39, 0.29) is 6.04 Å². The van der Waals surface area contributed by atoms with Gasteiger partial charge in [0, 0.05) is 11.7 Å². The summed E-state index contributed by atoms with van der Waals surface area (Å²) in [6.45, 7) is 3.40. The van der Waals surface area contributed by atoms with Crippen molar-refractivity contribution in [1.82, 2.24) is 10.2 Å². The van der Waals surface area contributed by atoms with Crippen molar-refractivity contribution in [2.45, 2.75) is 24.3 Å². The van der Waals surface area contributed by atoms with Crippen LogP contribution in [0, 0.1) is 0 Å². The predicted octanol–water partition coefficient (Wildman–Crippen LogP) is 2.70. The number of halogens is 2. The molecule has 6 nitrogen and oxygen atoms in total. The first-order chi connectivity index (χ1) is 9.76. The molecule has 2 rings (SSSR count). The van der Waals surface area contributed by atoms with E-state index in [9.17, 15) is 14.4 Å². The normalized spacial score (nSPS) is 17.6. The van der Waals surface area contributed by atoms with E-state index in [2.05, 4.69) is 5.32 Å². The minimum atomic E-state index is -2.16. The minimum Gasteiger partial charge on any atom is -0.335 e. The largest absolute Gasteiger partial charge is 0.342 e. The second-order valence-electron chi connectivity index (χ2n) is 4.74. The SMILES string of the molecule is CC(C)NC(=O)N1C(=O)N(c2ccccc2)C(Cl)(Cl)C1=O. The topological polar surface area (TPSA) is 69.7 Å². The van der Waals surface area contributed by atoms with Crippen LogP contribution in [0.1, 0.15) is 13.8 Å². The van der Waals surface area contributed by atoms with Gasteiger partial charge < -0.3 is 5.32 Å². The number of hydrogen-bond acceptors (Lipinski definition) is 3. The van der Waals surface area contributed by atoms with Crippen LogP contribution in [0.15, 0.2) is 30.3 Å². The van der Waals surface area contributed by atoms with Crippen molar-refractivity contribution >= 4 is 46.9 Å². The number of carbonyl (C=O) groups is 3. The molecule has 0 saturated carbocycles. The molecule has 1 heterocycles. The zero-order chi connectivity index (χ0) is 15.8. The van der Waals surface area contributed by atoms with Gasteiger partial charge in [0.1, 0.15) is 0 Å². The maximum absolute atomic E-state index is 12.4. The van der Waals surface area contributed by atoms with Crippen LogP contribution in [0.2, 0.25) is 0 Å². The van der Waals surface area contributed by atoms with Crippen molar-refractivity contribution in [3.8, 4) is 0 Å². The Morgan fingerprint density at radius 3 is 2.29 bits per heavy atom. The fraction of sp³-hybridized carbons (Fsp3) is 0.308. The number of anilines is 1. The van der Waals surface area contributed by atoms with Gasteiger partial charge in [-0.15, -0.1) is 0 Å². The molecular formula is C13H13Cl2N3O3. The number of amides is 5. The zero-order valence-corrected chi connectivity index (χ0v) is 12.9. The van der Waals surface area contributed by atoms with Gasteiger partial charge in [-0.05, 0) is 26.0 Å². The average molecular weight is 330 g/mol. The highest BCUT2D eigenvalue weighted by molar-refractivity contribution is 6.63. The smallest absolute Gasteiger partial charge is 0.335 e. The summed E-state index contributed by atoms with van der Waals surface area (Å²) in [6.07, 6.45) is 0. The first-order valence-corrected chi connectivity index (χ1v) is 6.94. The summed E-state index contributed by atoms with van der Waals surface area (Å²) in [5.41, 5.74) is 0.320.